The molecule has 7 heteroatoms. The zero-order chi connectivity index (χ0) is 12.6. The van der Waals surface area contributed by atoms with E-state index in [0.29, 0.717) is 11.1 Å². The Hall–Kier alpha value is -1.73. The molecule has 0 aliphatic carbocycles. The van der Waals surface area contributed by atoms with E-state index in [-0.39, 0.29) is 6.54 Å². The molecule has 2 amide bonds. The van der Waals surface area contributed by atoms with Crippen molar-refractivity contribution in [2.45, 2.75) is 0 Å². The number of imide groups is 1. The first kappa shape index (κ1) is 11.7. The first-order valence-corrected chi connectivity index (χ1v) is 6.57. The van der Waals surface area contributed by atoms with Gasteiger partial charge in [-0.1, -0.05) is 12.1 Å². The lowest BCUT2D eigenvalue weighted by molar-refractivity contribution is 0.0664. The van der Waals surface area contributed by atoms with Crippen LogP contribution in [-0.2, 0) is 10.0 Å². The zero-order valence-electron chi connectivity index (χ0n) is 8.79. The van der Waals surface area contributed by atoms with E-state index in [0.717, 1.165) is 4.90 Å². The Morgan fingerprint density at radius 1 is 1.06 bits per heavy atom. The van der Waals surface area contributed by atoms with Crippen LogP contribution in [0.4, 0.5) is 0 Å². The van der Waals surface area contributed by atoms with Gasteiger partial charge < -0.3 is 0 Å². The molecule has 2 N–H and O–H groups in total. The van der Waals surface area contributed by atoms with Crippen LogP contribution in [0, 0.1) is 0 Å². The summed E-state index contributed by atoms with van der Waals surface area (Å²) in [5, 5.41) is 4.83. The van der Waals surface area contributed by atoms with Crippen LogP contribution >= 0.6 is 0 Å². The summed E-state index contributed by atoms with van der Waals surface area (Å²) in [5.41, 5.74) is 0.596. The molecule has 1 aliphatic rings. The predicted molar refractivity (Wildman–Crippen MR) is 59.8 cm³/mol. The van der Waals surface area contributed by atoms with Gasteiger partial charge in [0.05, 0.1) is 16.9 Å². The molecule has 0 unspecified atom stereocenters. The number of amides is 2. The van der Waals surface area contributed by atoms with E-state index in [2.05, 4.69) is 0 Å². The van der Waals surface area contributed by atoms with Gasteiger partial charge in [0.1, 0.15) is 0 Å². The van der Waals surface area contributed by atoms with E-state index >= 15 is 0 Å². The number of carbonyl (C=O) groups excluding carboxylic acids is 2. The van der Waals surface area contributed by atoms with E-state index in [1.807, 2.05) is 0 Å². The normalized spacial score (nSPS) is 15.2. The molecule has 0 saturated heterocycles. The van der Waals surface area contributed by atoms with Gasteiger partial charge in [0.15, 0.2) is 0 Å². The van der Waals surface area contributed by atoms with Crippen LogP contribution in [0.2, 0.25) is 0 Å². The Morgan fingerprint density at radius 3 is 1.94 bits per heavy atom. The second kappa shape index (κ2) is 3.94. The maximum absolute atomic E-state index is 11.8. The fraction of sp³-hybridized carbons (Fsp3) is 0.200. The fourth-order valence-corrected chi connectivity index (χ4v) is 2.10. The molecule has 0 radical (unpaired) electrons. The average molecular weight is 254 g/mol. The number of fused-ring (bicyclic) bond motifs is 1. The summed E-state index contributed by atoms with van der Waals surface area (Å²) < 4.78 is 21.6. The second-order valence-corrected chi connectivity index (χ2v) is 5.41. The smallest absolute Gasteiger partial charge is 0.261 e. The third-order valence-corrected chi connectivity index (χ3v) is 3.23. The molecule has 0 spiro atoms. The molecule has 0 fully saturated rings. The van der Waals surface area contributed by atoms with Gasteiger partial charge in [-0.2, -0.15) is 0 Å². The van der Waals surface area contributed by atoms with Crippen molar-refractivity contribution in [1.82, 2.24) is 4.90 Å². The monoisotopic (exact) mass is 254 g/mol. The molecule has 1 heterocycles. The SMILES string of the molecule is NS(=O)(=O)CCN1C(=O)c2ccccc2C1=O. The number of nitrogens with two attached hydrogens (primary N) is 1. The molecule has 90 valence electrons. The van der Waals surface area contributed by atoms with Crippen molar-refractivity contribution in [1.29, 1.82) is 0 Å². The zero-order valence-corrected chi connectivity index (χ0v) is 9.61. The molecule has 0 aromatic heterocycles. The van der Waals surface area contributed by atoms with Crippen LogP contribution in [0.1, 0.15) is 20.7 Å². The minimum Gasteiger partial charge on any atom is -0.273 e. The van der Waals surface area contributed by atoms with Crippen LogP contribution < -0.4 is 5.14 Å². The van der Waals surface area contributed by atoms with Gasteiger partial charge in [-0.3, -0.25) is 14.5 Å². The predicted octanol–water partition coefficient (Wildman–Crippen LogP) is -0.429. The Labute approximate surface area is 98.1 Å². The summed E-state index contributed by atoms with van der Waals surface area (Å²) in [6.45, 7) is -0.217. The van der Waals surface area contributed by atoms with Crippen LogP contribution in [0.25, 0.3) is 0 Å². The van der Waals surface area contributed by atoms with Crippen molar-refractivity contribution >= 4 is 21.8 Å². The van der Waals surface area contributed by atoms with E-state index in [1.54, 1.807) is 12.1 Å². The highest BCUT2D eigenvalue weighted by Gasteiger charge is 2.35. The summed E-state index contributed by atoms with van der Waals surface area (Å²) in [6.07, 6.45) is 0. The van der Waals surface area contributed by atoms with Gasteiger partial charge in [0, 0.05) is 6.54 Å². The molecule has 6 nitrogen and oxygen atoms in total. The molecule has 17 heavy (non-hydrogen) atoms. The molecule has 0 atom stereocenters. The first-order valence-electron chi connectivity index (χ1n) is 4.86. The molecule has 2 rings (SSSR count). The van der Waals surface area contributed by atoms with Crippen LogP contribution in [0.5, 0.6) is 0 Å². The van der Waals surface area contributed by atoms with E-state index in [9.17, 15) is 18.0 Å². The van der Waals surface area contributed by atoms with Crippen molar-refractivity contribution in [2.75, 3.05) is 12.3 Å². The van der Waals surface area contributed by atoms with E-state index in [1.165, 1.54) is 12.1 Å². The number of hydrogen-bond acceptors (Lipinski definition) is 4. The number of carbonyl (C=O) groups is 2. The fourth-order valence-electron chi connectivity index (χ4n) is 1.66. The van der Waals surface area contributed by atoms with Crippen molar-refractivity contribution in [3.63, 3.8) is 0 Å². The quantitative estimate of drug-likeness (QED) is 0.740. The van der Waals surface area contributed by atoms with E-state index in [4.69, 9.17) is 5.14 Å². The average Bonchev–Trinajstić information content (AvgIpc) is 2.49. The minimum atomic E-state index is -3.69. The Balaban J connectivity index is 2.25. The second-order valence-electron chi connectivity index (χ2n) is 3.67. The number of hydrogen-bond donors (Lipinski definition) is 1. The maximum Gasteiger partial charge on any atom is 0.261 e. The maximum atomic E-state index is 11.8. The third kappa shape index (κ3) is 2.20. The van der Waals surface area contributed by atoms with Gasteiger partial charge in [0.2, 0.25) is 10.0 Å². The summed E-state index contributed by atoms with van der Waals surface area (Å²) in [6, 6.07) is 6.36. The third-order valence-electron chi connectivity index (χ3n) is 2.48. The van der Waals surface area contributed by atoms with Crippen molar-refractivity contribution < 1.29 is 18.0 Å². The lowest BCUT2D eigenvalue weighted by atomic mass is 10.1. The van der Waals surface area contributed by atoms with Crippen LogP contribution in [-0.4, -0.2) is 37.4 Å². The van der Waals surface area contributed by atoms with Gasteiger partial charge in [0.25, 0.3) is 11.8 Å². The topological polar surface area (TPSA) is 97.5 Å². The molecule has 1 aromatic carbocycles. The van der Waals surface area contributed by atoms with Gasteiger partial charge >= 0.3 is 0 Å². The molecular weight excluding hydrogens is 244 g/mol. The van der Waals surface area contributed by atoms with Gasteiger partial charge in [-0.25, -0.2) is 13.6 Å². The van der Waals surface area contributed by atoms with Crippen LogP contribution in [0.3, 0.4) is 0 Å². The van der Waals surface area contributed by atoms with Crippen molar-refractivity contribution in [3.05, 3.63) is 35.4 Å². The lowest BCUT2D eigenvalue weighted by Gasteiger charge is -2.12. The lowest BCUT2D eigenvalue weighted by Crippen LogP contribution is -2.35. The molecular formula is C10H10N2O4S. The largest absolute Gasteiger partial charge is 0.273 e. The Morgan fingerprint density at radius 2 is 1.53 bits per heavy atom. The Kier molecular flexibility index (Phi) is 2.72. The summed E-state index contributed by atoms with van der Waals surface area (Å²) >= 11 is 0. The Bertz CT molecular complexity index is 559. The first-order chi connectivity index (χ1) is 7.90. The highest BCUT2D eigenvalue weighted by molar-refractivity contribution is 7.89. The summed E-state index contributed by atoms with van der Waals surface area (Å²) in [5.74, 6) is -1.39. The van der Waals surface area contributed by atoms with Gasteiger partial charge in [-0.15, -0.1) is 0 Å². The number of nitrogens with zero attached hydrogens (tertiary/aromatic N) is 1. The number of rotatable bonds is 3. The molecule has 0 saturated carbocycles. The van der Waals surface area contributed by atoms with Crippen molar-refractivity contribution in [3.8, 4) is 0 Å². The highest BCUT2D eigenvalue weighted by atomic mass is 32.2. The standard InChI is InChI=1S/C10H10N2O4S/c11-17(15,16)6-5-12-9(13)7-3-1-2-4-8(7)10(12)14/h1-4H,5-6H2,(H2,11,15,16). The van der Waals surface area contributed by atoms with Crippen molar-refractivity contribution in [2.24, 2.45) is 5.14 Å². The molecule has 1 aromatic rings. The molecule has 1 aliphatic heterocycles. The minimum absolute atomic E-state index is 0.217. The summed E-state index contributed by atoms with van der Waals surface area (Å²) in [4.78, 5) is 24.5. The number of benzene rings is 1. The summed E-state index contributed by atoms with van der Waals surface area (Å²) in [7, 11) is -3.69. The number of sulfonamides is 1. The molecule has 0 bridgehead atoms. The van der Waals surface area contributed by atoms with E-state index < -0.39 is 27.6 Å². The number of primary sulfonamides is 1. The van der Waals surface area contributed by atoms with Crippen LogP contribution in [0.15, 0.2) is 24.3 Å². The van der Waals surface area contributed by atoms with Gasteiger partial charge in [-0.05, 0) is 12.1 Å². The highest BCUT2D eigenvalue weighted by Crippen LogP contribution is 2.21.